The number of aromatic nitrogens is 3. The van der Waals surface area contributed by atoms with E-state index in [4.69, 9.17) is 9.26 Å². The summed E-state index contributed by atoms with van der Waals surface area (Å²) in [5.74, 6) is -0.252. The minimum absolute atomic E-state index is 0.0296. The van der Waals surface area contributed by atoms with Crippen LogP contribution in [0.15, 0.2) is 82.2 Å². The molecule has 3 aromatic carbocycles. The SMILES string of the molecule is C[C@H](c1ccc(C(F)(F)F)cc1)n1cc(-c2noc(C(C)(C)c3ccccc3)n2)c(=O)c2cc(F)c(N3CCOCC3)cc21. The molecule has 0 amide bonds. The van der Waals surface area contributed by atoms with Crippen molar-refractivity contribution in [3.8, 4) is 11.4 Å². The molecule has 0 bridgehead atoms. The fourth-order valence-corrected chi connectivity index (χ4v) is 5.56. The van der Waals surface area contributed by atoms with Crippen molar-refractivity contribution in [2.24, 2.45) is 0 Å². The summed E-state index contributed by atoms with van der Waals surface area (Å²) in [6, 6.07) is 16.7. The molecule has 0 unspecified atom stereocenters. The normalized spacial score (nSPS) is 15.1. The van der Waals surface area contributed by atoms with Gasteiger partial charge in [0.2, 0.25) is 17.1 Å². The Bertz CT molecular complexity index is 1860. The molecule has 5 aromatic rings. The second-order valence-corrected chi connectivity index (χ2v) is 11.4. The van der Waals surface area contributed by atoms with Crippen molar-refractivity contribution < 1.29 is 26.8 Å². The average molecular weight is 607 g/mol. The molecule has 0 radical (unpaired) electrons. The predicted octanol–water partition coefficient (Wildman–Crippen LogP) is 6.98. The number of anilines is 1. The first kappa shape index (κ1) is 29.6. The molecule has 11 heteroatoms. The Kier molecular flexibility index (Phi) is 7.53. The Hall–Kier alpha value is -4.51. The lowest BCUT2D eigenvalue weighted by atomic mass is 9.84. The van der Waals surface area contributed by atoms with Crippen LogP contribution >= 0.6 is 0 Å². The number of pyridine rings is 1. The molecule has 1 atom stereocenters. The van der Waals surface area contributed by atoms with E-state index in [2.05, 4.69) is 10.1 Å². The number of benzene rings is 3. The van der Waals surface area contributed by atoms with Gasteiger partial charge in [-0.3, -0.25) is 4.79 Å². The summed E-state index contributed by atoms with van der Waals surface area (Å²) >= 11 is 0. The molecule has 44 heavy (non-hydrogen) atoms. The molecule has 0 aliphatic carbocycles. The lowest BCUT2D eigenvalue weighted by Gasteiger charge is -2.30. The van der Waals surface area contributed by atoms with Crippen molar-refractivity contribution in [2.45, 2.75) is 38.4 Å². The van der Waals surface area contributed by atoms with E-state index >= 15 is 4.39 Å². The van der Waals surface area contributed by atoms with Crippen molar-refractivity contribution >= 4 is 16.6 Å². The third-order valence-corrected chi connectivity index (χ3v) is 8.29. The van der Waals surface area contributed by atoms with Crippen LogP contribution < -0.4 is 10.3 Å². The number of fused-ring (bicyclic) bond motifs is 1. The molecule has 0 saturated carbocycles. The third kappa shape index (κ3) is 5.36. The number of nitrogens with zero attached hydrogens (tertiary/aromatic N) is 4. The van der Waals surface area contributed by atoms with Gasteiger partial charge in [-0.1, -0.05) is 47.6 Å². The second kappa shape index (κ2) is 11.2. The summed E-state index contributed by atoms with van der Waals surface area (Å²) < 4.78 is 68.2. The molecule has 7 nitrogen and oxygen atoms in total. The van der Waals surface area contributed by atoms with Gasteiger partial charge in [-0.25, -0.2) is 4.39 Å². The van der Waals surface area contributed by atoms with E-state index in [1.807, 2.05) is 49.1 Å². The van der Waals surface area contributed by atoms with Crippen LogP contribution in [-0.4, -0.2) is 41.0 Å². The zero-order chi connectivity index (χ0) is 31.2. The van der Waals surface area contributed by atoms with Gasteiger partial charge >= 0.3 is 6.18 Å². The van der Waals surface area contributed by atoms with Gasteiger partial charge in [-0.15, -0.1) is 0 Å². The van der Waals surface area contributed by atoms with Crippen LogP contribution in [0.5, 0.6) is 0 Å². The lowest BCUT2D eigenvalue weighted by Crippen LogP contribution is -2.36. The van der Waals surface area contributed by atoms with E-state index in [1.165, 1.54) is 18.2 Å². The topological polar surface area (TPSA) is 73.4 Å². The first-order valence-corrected chi connectivity index (χ1v) is 14.2. The van der Waals surface area contributed by atoms with Crippen LogP contribution in [0.2, 0.25) is 0 Å². The molecule has 1 aliphatic rings. The third-order valence-electron chi connectivity index (χ3n) is 8.29. The fraction of sp³-hybridized carbons (Fsp3) is 0.303. The maximum atomic E-state index is 15.6. The van der Waals surface area contributed by atoms with Gasteiger partial charge in [-0.2, -0.15) is 18.2 Å². The molecule has 3 heterocycles. The number of halogens is 4. The summed E-state index contributed by atoms with van der Waals surface area (Å²) in [4.78, 5) is 20.3. The summed E-state index contributed by atoms with van der Waals surface area (Å²) in [5.41, 5.74) is 0.368. The highest BCUT2D eigenvalue weighted by Gasteiger charge is 2.32. The first-order valence-electron chi connectivity index (χ1n) is 14.2. The Balaban J connectivity index is 1.51. The summed E-state index contributed by atoms with van der Waals surface area (Å²) in [6.07, 6.45) is -2.91. The van der Waals surface area contributed by atoms with Crippen LogP contribution in [0, 0.1) is 5.82 Å². The minimum atomic E-state index is -4.48. The quantitative estimate of drug-likeness (QED) is 0.194. The number of alkyl halides is 3. The van der Waals surface area contributed by atoms with Gasteiger partial charge in [0.05, 0.1) is 47.0 Å². The lowest BCUT2D eigenvalue weighted by molar-refractivity contribution is -0.137. The predicted molar refractivity (Wildman–Crippen MR) is 158 cm³/mol. The van der Waals surface area contributed by atoms with E-state index in [0.717, 1.165) is 17.7 Å². The number of hydrogen-bond acceptors (Lipinski definition) is 6. The van der Waals surface area contributed by atoms with Crippen LogP contribution in [-0.2, 0) is 16.3 Å². The van der Waals surface area contributed by atoms with Gasteiger partial charge in [0.15, 0.2) is 0 Å². The Morgan fingerprint density at radius 2 is 1.61 bits per heavy atom. The molecule has 1 fully saturated rings. The van der Waals surface area contributed by atoms with Crippen molar-refractivity contribution in [1.82, 2.24) is 14.7 Å². The molecule has 228 valence electrons. The second-order valence-electron chi connectivity index (χ2n) is 11.4. The molecule has 0 spiro atoms. The molecular weight excluding hydrogens is 576 g/mol. The standard InChI is InChI=1S/C33H30F4N4O3/c1-20(21-9-11-23(12-10-21)33(35,36)37)41-19-25(30-38-31(44-39-30)32(2,3)22-7-5-4-6-8-22)29(42)24-17-26(34)28(18-27(24)41)40-13-15-43-16-14-40/h4-12,17-20H,13-16H2,1-3H3/t20-/m1/s1. The number of rotatable bonds is 6. The summed E-state index contributed by atoms with van der Waals surface area (Å²) in [7, 11) is 0. The van der Waals surface area contributed by atoms with Crippen LogP contribution in [0.25, 0.3) is 22.3 Å². The van der Waals surface area contributed by atoms with E-state index < -0.39 is 34.4 Å². The zero-order valence-electron chi connectivity index (χ0n) is 24.4. The van der Waals surface area contributed by atoms with E-state index in [-0.39, 0.29) is 22.7 Å². The fourth-order valence-electron chi connectivity index (χ4n) is 5.56. The Labute approximate surface area is 250 Å². The largest absolute Gasteiger partial charge is 0.416 e. The van der Waals surface area contributed by atoms with Gasteiger partial charge in [0.25, 0.3) is 0 Å². The number of hydrogen-bond donors (Lipinski definition) is 0. The van der Waals surface area contributed by atoms with E-state index in [9.17, 15) is 18.0 Å². The van der Waals surface area contributed by atoms with Gasteiger partial charge in [0, 0.05) is 24.7 Å². The van der Waals surface area contributed by atoms with Crippen molar-refractivity contribution in [3.63, 3.8) is 0 Å². The Morgan fingerprint density at radius 3 is 2.27 bits per heavy atom. The van der Waals surface area contributed by atoms with Crippen molar-refractivity contribution in [3.05, 3.63) is 112 Å². The molecule has 0 N–H and O–H groups in total. The van der Waals surface area contributed by atoms with Crippen LogP contribution in [0.4, 0.5) is 23.2 Å². The monoisotopic (exact) mass is 606 g/mol. The maximum Gasteiger partial charge on any atom is 0.416 e. The minimum Gasteiger partial charge on any atom is -0.378 e. The molecule has 2 aromatic heterocycles. The average Bonchev–Trinajstić information content (AvgIpc) is 3.53. The Morgan fingerprint density at radius 1 is 0.932 bits per heavy atom. The van der Waals surface area contributed by atoms with E-state index in [0.29, 0.717) is 43.1 Å². The maximum absolute atomic E-state index is 15.6. The van der Waals surface area contributed by atoms with Crippen LogP contribution in [0.1, 0.15) is 49.4 Å². The van der Waals surface area contributed by atoms with Crippen molar-refractivity contribution in [2.75, 3.05) is 31.2 Å². The summed E-state index contributed by atoms with van der Waals surface area (Å²) in [5, 5.41) is 4.22. The number of morpholine rings is 1. The first-order chi connectivity index (χ1) is 20.9. The highest BCUT2D eigenvalue weighted by molar-refractivity contribution is 5.86. The zero-order valence-corrected chi connectivity index (χ0v) is 24.4. The summed E-state index contributed by atoms with van der Waals surface area (Å²) in [6.45, 7) is 7.47. The smallest absolute Gasteiger partial charge is 0.378 e. The van der Waals surface area contributed by atoms with E-state index in [1.54, 1.807) is 23.8 Å². The van der Waals surface area contributed by atoms with Gasteiger partial charge in [0.1, 0.15) is 5.82 Å². The van der Waals surface area contributed by atoms with Crippen LogP contribution in [0.3, 0.4) is 0 Å². The highest BCUT2D eigenvalue weighted by Crippen LogP contribution is 2.35. The van der Waals surface area contributed by atoms with Gasteiger partial charge in [-0.05, 0) is 56.2 Å². The molecule has 6 rings (SSSR count). The van der Waals surface area contributed by atoms with Crippen molar-refractivity contribution in [1.29, 1.82) is 0 Å². The van der Waals surface area contributed by atoms with Gasteiger partial charge < -0.3 is 18.7 Å². The molecular formula is C33H30F4N4O3. The number of ether oxygens (including phenoxy) is 1. The highest BCUT2D eigenvalue weighted by atomic mass is 19.4. The molecule has 1 saturated heterocycles. The molecule has 1 aliphatic heterocycles.